The highest BCUT2D eigenvalue weighted by molar-refractivity contribution is 5.82. The average molecular weight is 272 g/mol. The lowest BCUT2D eigenvalue weighted by Crippen LogP contribution is -2.50. The van der Waals surface area contributed by atoms with Crippen molar-refractivity contribution >= 4 is 5.91 Å². The standard InChI is InChI=1S/C13H15F3N2O/c1-18(8-13(14,15)16)12(19)11-6-9-4-2-3-5-10(9)7-17-11/h2-5,11,17H,6-8H2,1H3/t11-/m0/s1. The van der Waals surface area contributed by atoms with Gasteiger partial charge in [0.15, 0.2) is 0 Å². The van der Waals surface area contributed by atoms with Crippen molar-refractivity contribution in [3.05, 3.63) is 35.4 Å². The molecular formula is C13H15F3N2O. The van der Waals surface area contributed by atoms with Crippen LogP contribution in [-0.2, 0) is 17.8 Å². The number of nitrogens with one attached hydrogen (secondary N) is 1. The Morgan fingerprint density at radius 1 is 1.37 bits per heavy atom. The van der Waals surface area contributed by atoms with Gasteiger partial charge >= 0.3 is 6.18 Å². The van der Waals surface area contributed by atoms with Crippen LogP contribution in [0.4, 0.5) is 13.2 Å². The minimum atomic E-state index is -4.36. The van der Waals surface area contributed by atoms with E-state index in [0.29, 0.717) is 13.0 Å². The van der Waals surface area contributed by atoms with Crippen LogP contribution < -0.4 is 5.32 Å². The van der Waals surface area contributed by atoms with Gasteiger partial charge in [-0.05, 0) is 17.5 Å². The number of carbonyl (C=O) groups excluding carboxylic acids is 1. The van der Waals surface area contributed by atoms with Crippen molar-refractivity contribution in [3.8, 4) is 0 Å². The second kappa shape index (κ2) is 5.21. The first-order chi connectivity index (χ1) is 8.87. The molecule has 6 heteroatoms. The molecule has 0 spiro atoms. The minimum absolute atomic E-state index is 0.428. The largest absolute Gasteiger partial charge is 0.406 e. The molecule has 3 nitrogen and oxygen atoms in total. The number of hydrogen-bond acceptors (Lipinski definition) is 2. The fourth-order valence-electron chi connectivity index (χ4n) is 2.24. The van der Waals surface area contributed by atoms with E-state index in [-0.39, 0.29) is 0 Å². The lowest BCUT2D eigenvalue weighted by molar-refractivity contribution is -0.159. The van der Waals surface area contributed by atoms with Gasteiger partial charge in [-0.3, -0.25) is 4.79 Å². The average Bonchev–Trinajstić information content (AvgIpc) is 2.35. The number of amides is 1. The van der Waals surface area contributed by atoms with Crippen LogP contribution in [0.2, 0.25) is 0 Å². The zero-order valence-electron chi connectivity index (χ0n) is 10.5. The van der Waals surface area contributed by atoms with E-state index in [4.69, 9.17) is 0 Å². The summed E-state index contributed by atoms with van der Waals surface area (Å²) < 4.78 is 36.8. The van der Waals surface area contributed by atoms with E-state index in [1.165, 1.54) is 7.05 Å². The van der Waals surface area contributed by atoms with Crippen LogP contribution in [0.15, 0.2) is 24.3 Å². The zero-order chi connectivity index (χ0) is 14.0. The highest BCUT2D eigenvalue weighted by Crippen LogP contribution is 2.19. The van der Waals surface area contributed by atoms with Gasteiger partial charge in [-0.2, -0.15) is 13.2 Å². The molecule has 0 radical (unpaired) electrons. The quantitative estimate of drug-likeness (QED) is 0.889. The third kappa shape index (κ3) is 3.47. The topological polar surface area (TPSA) is 32.3 Å². The summed E-state index contributed by atoms with van der Waals surface area (Å²) in [6.45, 7) is -0.710. The van der Waals surface area contributed by atoms with Gasteiger partial charge in [-0.15, -0.1) is 0 Å². The normalized spacial score (nSPS) is 18.8. The Labute approximate surface area is 109 Å². The summed E-state index contributed by atoms with van der Waals surface area (Å²) in [6.07, 6.45) is -3.94. The summed E-state index contributed by atoms with van der Waals surface area (Å²) in [5, 5.41) is 2.98. The number of fused-ring (bicyclic) bond motifs is 1. The maximum atomic E-state index is 12.3. The molecule has 0 aliphatic carbocycles. The summed E-state index contributed by atoms with van der Waals surface area (Å²) in [6, 6.07) is 7.04. The van der Waals surface area contributed by atoms with Gasteiger partial charge in [0.25, 0.3) is 0 Å². The van der Waals surface area contributed by atoms with Gasteiger partial charge in [0.2, 0.25) is 5.91 Å². The van der Waals surface area contributed by atoms with Crippen LogP contribution in [-0.4, -0.2) is 36.6 Å². The van der Waals surface area contributed by atoms with Crippen molar-refractivity contribution in [3.63, 3.8) is 0 Å². The third-order valence-electron chi connectivity index (χ3n) is 3.17. The van der Waals surface area contributed by atoms with Gasteiger partial charge < -0.3 is 10.2 Å². The van der Waals surface area contributed by atoms with E-state index in [0.717, 1.165) is 16.0 Å². The lowest BCUT2D eigenvalue weighted by atomic mass is 9.95. The third-order valence-corrected chi connectivity index (χ3v) is 3.17. The van der Waals surface area contributed by atoms with Crippen LogP contribution in [0.1, 0.15) is 11.1 Å². The summed E-state index contributed by atoms with van der Waals surface area (Å²) in [5.41, 5.74) is 2.10. The number of rotatable bonds is 2. The van der Waals surface area contributed by atoms with Gasteiger partial charge in [-0.1, -0.05) is 24.3 Å². The predicted molar refractivity (Wildman–Crippen MR) is 64.5 cm³/mol. The molecule has 1 aliphatic rings. The molecule has 0 bridgehead atoms. The van der Waals surface area contributed by atoms with Crippen molar-refractivity contribution < 1.29 is 18.0 Å². The Bertz CT molecular complexity index is 473. The highest BCUT2D eigenvalue weighted by atomic mass is 19.4. The monoisotopic (exact) mass is 272 g/mol. The fraction of sp³-hybridized carbons (Fsp3) is 0.462. The predicted octanol–water partition coefficient (Wildman–Crippen LogP) is 1.72. The molecule has 0 saturated heterocycles. The van der Waals surface area contributed by atoms with E-state index in [1.54, 1.807) is 0 Å². The Morgan fingerprint density at radius 3 is 2.63 bits per heavy atom. The molecule has 1 amide bonds. The molecule has 1 N–H and O–H groups in total. The number of nitrogens with zero attached hydrogens (tertiary/aromatic N) is 1. The SMILES string of the molecule is CN(CC(F)(F)F)C(=O)[C@@H]1Cc2ccccc2CN1. The van der Waals surface area contributed by atoms with Crippen molar-refractivity contribution in [1.29, 1.82) is 0 Å². The van der Waals surface area contributed by atoms with Crippen molar-refractivity contribution in [2.24, 2.45) is 0 Å². The smallest absolute Gasteiger partial charge is 0.335 e. The van der Waals surface area contributed by atoms with Gasteiger partial charge in [0.1, 0.15) is 6.54 Å². The van der Waals surface area contributed by atoms with Crippen LogP contribution in [0.3, 0.4) is 0 Å². The van der Waals surface area contributed by atoms with Crippen LogP contribution in [0, 0.1) is 0 Å². The molecule has 104 valence electrons. The van der Waals surface area contributed by atoms with Crippen LogP contribution in [0.25, 0.3) is 0 Å². The molecule has 0 aromatic heterocycles. The maximum absolute atomic E-state index is 12.3. The van der Waals surface area contributed by atoms with E-state index < -0.39 is 24.7 Å². The van der Waals surface area contributed by atoms with Crippen LogP contribution >= 0.6 is 0 Å². The molecule has 1 atom stereocenters. The number of likely N-dealkylation sites (N-methyl/N-ethyl adjacent to an activating group) is 1. The second-order valence-electron chi connectivity index (χ2n) is 4.72. The van der Waals surface area contributed by atoms with Crippen molar-refractivity contribution in [1.82, 2.24) is 10.2 Å². The van der Waals surface area contributed by atoms with E-state index >= 15 is 0 Å². The number of halogens is 3. The molecule has 0 unspecified atom stereocenters. The first-order valence-corrected chi connectivity index (χ1v) is 5.99. The molecule has 19 heavy (non-hydrogen) atoms. The second-order valence-corrected chi connectivity index (χ2v) is 4.72. The first-order valence-electron chi connectivity index (χ1n) is 5.99. The molecule has 1 heterocycles. The summed E-state index contributed by atoms with van der Waals surface area (Å²) in [7, 11) is 1.18. The Kier molecular flexibility index (Phi) is 3.80. The molecule has 1 aromatic carbocycles. The number of alkyl halides is 3. The van der Waals surface area contributed by atoms with E-state index in [9.17, 15) is 18.0 Å². The van der Waals surface area contributed by atoms with Crippen LogP contribution in [0.5, 0.6) is 0 Å². The first kappa shape index (κ1) is 13.9. The van der Waals surface area contributed by atoms with Gasteiger partial charge in [0.05, 0.1) is 6.04 Å². The summed E-state index contributed by atoms with van der Waals surface area (Å²) in [4.78, 5) is 12.7. The van der Waals surface area contributed by atoms with Crippen molar-refractivity contribution in [2.75, 3.05) is 13.6 Å². The van der Waals surface area contributed by atoms with E-state index in [2.05, 4.69) is 5.32 Å². The van der Waals surface area contributed by atoms with E-state index in [1.807, 2.05) is 24.3 Å². The summed E-state index contributed by atoms with van der Waals surface area (Å²) >= 11 is 0. The minimum Gasteiger partial charge on any atom is -0.335 e. The Morgan fingerprint density at radius 2 is 2.00 bits per heavy atom. The van der Waals surface area contributed by atoms with Gasteiger partial charge in [-0.25, -0.2) is 0 Å². The number of carbonyl (C=O) groups is 1. The molecular weight excluding hydrogens is 257 g/mol. The number of hydrogen-bond donors (Lipinski definition) is 1. The molecule has 0 fully saturated rings. The molecule has 1 aromatic rings. The molecule has 0 saturated carbocycles. The zero-order valence-corrected chi connectivity index (χ0v) is 10.5. The molecule has 2 rings (SSSR count). The van der Waals surface area contributed by atoms with Crippen molar-refractivity contribution in [2.45, 2.75) is 25.2 Å². The van der Waals surface area contributed by atoms with Gasteiger partial charge in [0, 0.05) is 13.6 Å². The number of benzene rings is 1. The fourth-order valence-corrected chi connectivity index (χ4v) is 2.24. The molecule has 1 aliphatic heterocycles. The Balaban J connectivity index is 2.03. The Hall–Kier alpha value is -1.56. The highest BCUT2D eigenvalue weighted by Gasteiger charge is 2.34. The lowest BCUT2D eigenvalue weighted by Gasteiger charge is -2.29. The maximum Gasteiger partial charge on any atom is 0.406 e. The summed E-state index contributed by atoms with van der Waals surface area (Å²) in [5.74, 6) is -0.521.